The van der Waals surface area contributed by atoms with Crippen molar-refractivity contribution >= 4 is 11.6 Å². The highest BCUT2D eigenvalue weighted by atomic mass is 16.5. The summed E-state index contributed by atoms with van der Waals surface area (Å²) in [6.07, 6.45) is 3.29. The third kappa shape index (κ3) is 4.73. The molecule has 0 radical (unpaired) electrons. The lowest BCUT2D eigenvalue weighted by Gasteiger charge is -2.36. The number of carbonyl (C=O) groups excluding carboxylic acids is 1. The first-order valence-electron chi connectivity index (χ1n) is 10.8. The summed E-state index contributed by atoms with van der Waals surface area (Å²) >= 11 is 0. The Kier molecular flexibility index (Phi) is 6.35. The molecule has 1 atom stereocenters. The maximum absolute atomic E-state index is 12.7. The van der Waals surface area contributed by atoms with E-state index in [0.29, 0.717) is 13.2 Å². The van der Waals surface area contributed by atoms with Crippen LogP contribution in [0.4, 0.5) is 5.69 Å². The number of benzene rings is 2. The van der Waals surface area contributed by atoms with E-state index in [1.165, 1.54) is 11.1 Å². The van der Waals surface area contributed by atoms with E-state index in [9.17, 15) is 4.79 Å². The minimum absolute atomic E-state index is 0.134. The molecular weight excluding hydrogens is 362 g/mol. The average molecular weight is 394 g/mol. The predicted octanol–water partition coefficient (Wildman–Crippen LogP) is 3.40. The predicted molar refractivity (Wildman–Crippen MR) is 117 cm³/mol. The molecule has 2 aromatic rings. The van der Waals surface area contributed by atoms with Gasteiger partial charge in [-0.25, -0.2) is 0 Å². The number of anilines is 1. The van der Waals surface area contributed by atoms with E-state index < -0.39 is 0 Å². The lowest BCUT2D eigenvalue weighted by Crippen LogP contribution is -2.50. The molecule has 0 aromatic heterocycles. The van der Waals surface area contributed by atoms with Crippen molar-refractivity contribution in [2.24, 2.45) is 0 Å². The summed E-state index contributed by atoms with van der Waals surface area (Å²) in [4.78, 5) is 17.3. The molecule has 0 bridgehead atoms. The Morgan fingerprint density at radius 3 is 2.66 bits per heavy atom. The molecule has 1 aliphatic heterocycles. The Labute approximate surface area is 173 Å². The molecule has 2 aliphatic rings. The lowest BCUT2D eigenvalue weighted by molar-refractivity contribution is -0.123. The van der Waals surface area contributed by atoms with Crippen LogP contribution in [0.5, 0.6) is 5.75 Å². The number of piperazine rings is 1. The molecule has 2 aromatic carbocycles. The zero-order valence-corrected chi connectivity index (χ0v) is 17.3. The van der Waals surface area contributed by atoms with Crippen LogP contribution in [0, 0.1) is 0 Å². The van der Waals surface area contributed by atoms with Gasteiger partial charge in [0.25, 0.3) is 0 Å². The summed E-state index contributed by atoms with van der Waals surface area (Å²) < 4.78 is 5.78. The number of carbonyl (C=O) groups is 1. The molecule has 1 N–H and O–H groups in total. The Hall–Kier alpha value is -2.53. The molecule has 4 rings (SSSR count). The number of aryl methyl sites for hydroxylation is 1. The molecule has 1 unspecified atom stereocenters. The van der Waals surface area contributed by atoms with E-state index in [1.54, 1.807) is 0 Å². The largest absolute Gasteiger partial charge is 0.492 e. The van der Waals surface area contributed by atoms with Gasteiger partial charge in [0.05, 0.1) is 24.9 Å². The molecular formula is C24H31N3O2. The van der Waals surface area contributed by atoms with Gasteiger partial charge in [-0.2, -0.15) is 0 Å². The van der Waals surface area contributed by atoms with Crippen molar-refractivity contribution in [3.05, 3.63) is 59.7 Å². The third-order valence-corrected chi connectivity index (χ3v) is 5.95. The Morgan fingerprint density at radius 1 is 1.07 bits per heavy atom. The molecule has 0 spiro atoms. The van der Waals surface area contributed by atoms with E-state index >= 15 is 0 Å². The molecule has 1 heterocycles. The molecule has 5 nitrogen and oxygen atoms in total. The Balaban J connectivity index is 1.30. The van der Waals surface area contributed by atoms with Gasteiger partial charge in [-0.1, -0.05) is 36.4 Å². The molecule has 154 valence electrons. The minimum atomic E-state index is 0.134. The van der Waals surface area contributed by atoms with Gasteiger partial charge in [0, 0.05) is 26.2 Å². The molecule has 1 fully saturated rings. The SMILES string of the molecule is CCOc1ccccc1N1CCN(CC(=O)NC2CCCc3ccccc32)CC1. The van der Waals surface area contributed by atoms with E-state index in [0.717, 1.165) is 56.9 Å². The van der Waals surface area contributed by atoms with Crippen LogP contribution in [0.25, 0.3) is 0 Å². The number of amides is 1. The van der Waals surface area contributed by atoms with Crippen LogP contribution in [0.1, 0.15) is 36.9 Å². The summed E-state index contributed by atoms with van der Waals surface area (Å²) in [5.74, 6) is 1.08. The second-order valence-electron chi connectivity index (χ2n) is 7.88. The van der Waals surface area contributed by atoms with Crippen molar-refractivity contribution in [1.29, 1.82) is 0 Å². The van der Waals surface area contributed by atoms with Crippen LogP contribution in [0.2, 0.25) is 0 Å². The van der Waals surface area contributed by atoms with Crippen molar-refractivity contribution < 1.29 is 9.53 Å². The Morgan fingerprint density at radius 2 is 1.83 bits per heavy atom. The molecule has 0 saturated carbocycles. The van der Waals surface area contributed by atoms with Gasteiger partial charge >= 0.3 is 0 Å². The summed E-state index contributed by atoms with van der Waals surface area (Å²) in [6, 6.07) is 16.9. The number of hydrogen-bond donors (Lipinski definition) is 1. The van der Waals surface area contributed by atoms with Crippen LogP contribution in [-0.2, 0) is 11.2 Å². The topological polar surface area (TPSA) is 44.8 Å². The highest BCUT2D eigenvalue weighted by Gasteiger charge is 2.24. The number of fused-ring (bicyclic) bond motifs is 1. The zero-order chi connectivity index (χ0) is 20.1. The molecule has 1 amide bonds. The van der Waals surface area contributed by atoms with Gasteiger partial charge in [-0.15, -0.1) is 0 Å². The first-order valence-corrected chi connectivity index (χ1v) is 10.8. The van der Waals surface area contributed by atoms with Crippen LogP contribution in [-0.4, -0.2) is 50.1 Å². The number of nitrogens with one attached hydrogen (secondary N) is 1. The minimum Gasteiger partial charge on any atom is -0.492 e. The number of para-hydroxylation sites is 2. The van der Waals surface area contributed by atoms with Crippen LogP contribution in [0.3, 0.4) is 0 Å². The molecule has 1 saturated heterocycles. The van der Waals surface area contributed by atoms with Gasteiger partial charge in [0.1, 0.15) is 5.75 Å². The fourth-order valence-electron chi connectivity index (χ4n) is 4.49. The number of rotatable bonds is 6. The van der Waals surface area contributed by atoms with Gasteiger partial charge in [0.2, 0.25) is 5.91 Å². The second kappa shape index (κ2) is 9.31. The van der Waals surface area contributed by atoms with Gasteiger partial charge in [-0.05, 0) is 49.4 Å². The fraction of sp³-hybridized carbons (Fsp3) is 0.458. The summed E-state index contributed by atoms with van der Waals surface area (Å²) in [7, 11) is 0. The van der Waals surface area contributed by atoms with Crippen LogP contribution >= 0.6 is 0 Å². The maximum Gasteiger partial charge on any atom is 0.234 e. The molecule has 1 aliphatic carbocycles. The van der Waals surface area contributed by atoms with E-state index in [-0.39, 0.29) is 11.9 Å². The molecule has 29 heavy (non-hydrogen) atoms. The summed E-state index contributed by atoms with van der Waals surface area (Å²) in [5, 5.41) is 3.28. The van der Waals surface area contributed by atoms with E-state index in [4.69, 9.17) is 4.74 Å². The quantitative estimate of drug-likeness (QED) is 0.817. The van der Waals surface area contributed by atoms with Crippen molar-refractivity contribution in [2.75, 3.05) is 44.2 Å². The van der Waals surface area contributed by atoms with Crippen molar-refractivity contribution in [3.63, 3.8) is 0 Å². The Bertz CT molecular complexity index is 830. The standard InChI is InChI=1S/C24H31N3O2/c1-2-29-23-13-6-5-12-22(23)27-16-14-26(15-17-27)18-24(28)25-21-11-7-9-19-8-3-4-10-20(19)21/h3-6,8,10,12-13,21H,2,7,9,11,14-18H2,1H3,(H,25,28). The van der Waals surface area contributed by atoms with Crippen molar-refractivity contribution in [1.82, 2.24) is 10.2 Å². The number of ether oxygens (including phenoxy) is 1. The fourth-order valence-corrected chi connectivity index (χ4v) is 4.49. The summed E-state index contributed by atoms with van der Waals surface area (Å²) in [6.45, 7) is 6.73. The lowest BCUT2D eigenvalue weighted by atomic mass is 9.88. The first-order chi connectivity index (χ1) is 14.2. The number of nitrogens with zero attached hydrogens (tertiary/aromatic N) is 2. The van der Waals surface area contributed by atoms with Crippen LogP contribution in [0.15, 0.2) is 48.5 Å². The van der Waals surface area contributed by atoms with Crippen molar-refractivity contribution in [3.8, 4) is 5.75 Å². The monoisotopic (exact) mass is 393 g/mol. The van der Waals surface area contributed by atoms with Gasteiger partial charge < -0.3 is 15.0 Å². The number of hydrogen-bond acceptors (Lipinski definition) is 4. The van der Waals surface area contributed by atoms with Gasteiger partial charge in [0.15, 0.2) is 0 Å². The second-order valence-corrected chi connectivity index (χ2v) is 7.88. The third-order valence-electron chi connectivity index (χ3n) is 5.95. The average Bonchev–Trinajstić information content (AvgIpc) is 2.75. The smallest absolute Gasteiger partial charge is 0.234 e. The molecule has 5 heteroatoms. The van der Waals surface area contributed by atoms with E-state index in [1.807, 2.05) is 19.1 Å². The van der Waals surface area contributed by atoms with Crippen LogP contribution < -0.4 is 15.0 Å². The normalized spacial score (nSPS) is 19.5. The summed E-state index contributed by atoms with van der Waals surface area (Å²) in [5.41, 5.74) is 3.83. The van der Waals surface area contributed by atoms with Gasteiger partial charge in [-0.3, -0.25) is 9.69 Å². The highest BCUT2D eigenvalue weighted by molar-refractivity contribution is 5.78. The zero-order valence-electron chi connectivity index (χ0n) is 17.3. The highest BCUT2D eigenvalue weighted by Crippen LogP contribution is 2.30. The first kappa shape index (κ1) is 19.8. The van der Waals surface area contributed by atoms with E-state index in [2.05, 4.69) is 51.5 Å². The van der Waals surface area contributed by atoms with Crippen molar-refractivity contribution in [2.45, 2.75) is 32.2 Å². The maximum atomic E-state index is 12.7.